The molecule has 54 heavy (non-hydrogen) atoms. The highest BCUT2D eigenvalue weighted by molar-refractivity contribution is 6.18. The molecule has 0 aliphatic carbocycles. The van der Waals surface area contributed by atoms with Crippen LogP contribution in [0.1, 0.15) is 0 Å². The SMILES string of the molecule is c1ccc(-c2ccc3cc(N(c4ccc5ccc6c7ccccc7ccc6c5c4)c4ccc5c6ccccc6n(-c6ccccc6)c5c4)ccc3c2)cc1. The lowest BCUT2D eigenvalue weighted by atomic mass is 9.96. The van der Waals surface area contributed by atoms with Crippen molar-refractivity contribution in [2.45, 2.75) is 0 Å². The van der Waals surface area contributed by atoms with E-state index in [9.17, 15) is 0 Å². The molecule has 1 heterocycles. The molecular weight excluding hydrogens is 653 g/mol. The zero-order chi connectivity index (χ0) is 35.6. The number of nitrogens with zero attached hydrogens (tertiary/aromatic N) is 2. The Bertz CT molecular complexity index is 3210. The van der Waals surface area contributed by atoms with Crippen LogP contribution in [0.4, 0.5) is 17.1 Å². The van der Waals surface area contributed by atoms with Crippen molar-refractivity contribution in [1.82, 2.24) is 4.57 Å². The molecule has 0 unspecified atom stereocenters. The van der Waals surface area contributed by atoms with E-state index in [1.54, 1.807) is 0 Å². The maximum atomic E-state index is 2.43. The fourth-order valence-corrected chi connectivity index (χ4v) is 8.53. The molecule has 0 aliphatic rings. The summed E-state index contributed by atoms with van der Waals surface area (Å²) in [5.41, 5.74) is 9.31. The number of hydrogen-bond donors (Lipinski definition) is 0. The zero-order valence-electron chi connectivity index (χ0n) is 29.5. The van der Waals surface area contributed by atoms with Gasteiger partial charge in [-0.15, -0.1) is 0 Å². The first kappa shape index (κ1) is 30.5. The molecule has 252 valence electrons. The van der Waals surface area contributed by atoms with Gasteiger partial charge in [0.05, 0.1) is 11.0 Å². The summed E-state index contributed by atoms with van der Waals surface area (Å²) in [5, 5.41) is 12.5. The Kier molecular flexibility index (Phi) is 6.90. The summed E-state index contributed by atoms with van der Waals surface area (Å²) in [6, 6.07) is 75.4. The van der Waals surface area contributed by atoms with Crippen molar-refractivity contribution < 1.29 is 0 Å². The first-order valence-electron chi connectivity index (χ1n) is 18.6. The van der Waals surface area contributed by atoms with Crippen molar-refractivity contribution in [2.24, 2.45) is 0 Å². The Morgan fingerprint density at radius 3 is 1.65 bits per heavy atom. The molecule has 10 aromatic carbocycles. The van der Waals surface area contributed by atoms with Gasteiger partial charge in [0.1, 0.15) is 0 Å². The summed E-state index contributed by atoms with van der Waals surface area (Å²) in [4.78, 5) is 2.43. The third kappa shape index (κ3) is 4.88. The Labute approximate surface area is 313 Å². The van der Waals surface area contributed by atoms with E-state index in [0.29, 0.717) is 0 Å². The molecule has 0 saturated heterocycles. The van der Waals surface area contributed by atoms with Gasteiger partial charge in [-0.05, 0) is 115 Å². The van der Waals surface area contributed by atoms with E-state index in [1.165, 1.54) is 76.0 Å². The van der Waals surface area contributed by atoms with E-state index >= 15 is 0 Å². The molecule has 0 fully saturated rings. The smallest absolute Gasteiger partial charge is 0.0561 e. The van der Waals surface area contributed by atoms with Crippen LogP contribution in [0.5, 0.6) is 0 Å². The minimum atomic E-state index is 1.10. The molecule has 0 aliphatic heterocycles. The number of hydrogen-bond acceptors (Lipinski definition) is 1. The second-order valence-electron chi connectivity index (χ2n) is 14.2. The Balaban J connectivity index is 1.15. The van der Waals surface area contributed by atoms with Crippen LogP contribution in [-0.2, 0) is 0 Å². The first-order chi connectivity index (χ1) is 26.8. The molecule has 0 saturated carbocycles. The minimum Gasteiger partial charge on any atom is -0.310 e. The molecule has 2 nitrogen and oxygen atoms in total. The highest BCUT2D eigenvalue weighted by Crippen LogP contribution is 2.42. The summed E-state index contributed by atoms with van der Waals surface area (Å²) in [7, 11) is 0. The van der Waals surface area contributed by atoms with Crippen LogP contribution in [0.3, 0.4) is 0 Å². The predicted molar refractivity (Wildman–Crippen MR) is 231 cm³/mol. The fourth-order valence-electron chi connectivity index (χ4n) is 8.53. The van der Waals surface area contributed by atoms with Crippen molar-refractivity contribution >= 4 is 82.0 Å². The van der Waals surface area contributed by atoms with Crippen LogP contribution < -0.4 is 4.90 Å². The van der Waals surface area contributed by atoms with Crippen LogP contribution in [0, 0.1) is 0 Å². The molecule has 0 radical (unpaired) electrons. The van der Waals surface area contributed by atoms with E-state index in [0.717, 1.165) is 22.7 Å². The maximum absolute atomic E-state index is 2.43. The van der Waals surface area contributed by atoms with Gasteiger partial charge in [0, 0.05) is 33.5 Å². The normalized spacial score (nSPS) is 11.7. The predicted octanol–water partition coefficient (Wildman–Crippen LogP) is 14.5. The highest BCUT2D eigenvalue weighted by atomic mass is 15.1. The number of aromatic nitrogens is 1. The fraction of sp³-hybridized carbons (Fsp3) is 0. The molecule has 0 atom stereocenters. The summed E-state index contributed by atoms with van der Waals surface area (Å²) in [6.07, 6.45) is 0. The van der Waals surface area contributed by atoms with E-state index in [2.05, 4.69) is 216 Å². The van der Waals surface area contributed by atoms with E-state index in [-0.39, 0.29) is 0 Å². The minimum absolute atomic E-state index is 1.10. The van der Waals surface area contributed by atoms with E-state index in [1.807, 2.05) is 0 Å². The second-order valence-corrected chi connectivity index (χ2v) is 14.2. The Morgan fingerprint density at radius 1 is 0.278 bits per heavy atom. The van der Waals surface area contributed by atoms with Gasteiger partial charge >= 0.3 is 0 Å². The second kappa shape index (κ2) is 12.2. The van der Waals surface area contributed by atoms with E-state index in [4.69, 9.17) is 0 Å². The van der Waals surface area contributed by atoms with Crippen molar-refractivity contribution in [3.05, 3.63) is 206 Å². The topological polar surface area (TPSA) is 8.17 Å². The van der Waals surface area contributed by atoms with Crippen LogP contribution in [-0.4, -0.2) is 4.57 Å². The van der Waals surface area contributed by atoms with Crippen LogP contribution in [0.15, 0.2) is 206 Å². The van der Waals surface area contributed by atoms with Gasteiger partial charge in [0.15, 0.2) is 0 Å². The lowest BCUT2D eigenvalue weighted by Crippen LogP contribution is -2.10. The van der Waals surface area contributed by atoms with Crippen LogP contribution in [0.25, 0.3) is 81.7 Å². The summed E-state index contributed by atoms with van der Waals surface area (Å²) in [5.74, 6) is 0. The van der Waals surface area contributed by atoms with E-state index < -0.39 is 0 Å². The molecule has 2 heteroatoms. The number of fused-ring (bicyclic) bond motifs is 9. The molecule has 0 bridgehead atoms. The third-order valence-electron chi connectivity index (χ3n) is 11.1. The Morgan fingerprint density at radius 2 is 0.815 bits per heavy atom. The molecule has 1 aromatic heterocycles. The quantitative estimate of drug-likeness (QED) is 0.164. The van der Waals surface area contributed by atoms with Crippen molar-refractivity contribution in [3.63, 3.8) is 0 Å². The summed E-state index contributed by atoms with van der Waals surface area (Å²) in [6.45, 7) is 0. The van der Waals surface area contributed by atoms with Gasteiger partial charge in [-0.25, -0.2) is 0 Å². The monoisotopic (exact) mass is 686 g/mol. The van der Waals surface area contributed by atoms with Gasteiger partial charge in [-0.1, -0.05) is 146 Å². The third-order valence-corrected chi connectivity index (χ3v) is 11.1. The van der Waals surface area contributed by atoms with Crippen molar-refractivity contribution in [3.8, 4) is 16.8 Å². The zero-order valence-corrected chi connectivity index (χ0v) is 29.5. The number of anilines is 3. The standard InChI is InChI=1S/C52H34N2/c1-3-11-35(12-4-1)38-19-20-40-32-42(26-22-39(40)31-38)53(43-25-21-37-24-28-46-45-16-8-7-13-36(45)23-29-47(46)50(37)33-43)44-27-30-49-48-17-9-10-18-51(48)54(52(49)34-44)41-14-5-2-6-15-41/h1-34H. The largest absolute Gasteiger partial charge is 0.310 e. The molecule has 0 amide bonds. The van der Waals surface area contributed by atoms with Gasteiger partial charge in [-0.3, -0.25) is 0 Å². The van der Waals surface area contributed by atoms with Crippen LogP contribution in [0.2, 0.25) is 0 Å². The summed E-state index contributed by atoms with van der Waals surface area (Å²) < 4.78 is 2.40. The summed E-state index contributed by atoms with van der Waals surface area (Å²) >= 11 is 0. The van der Waals surface area contributed by atoms with Gasteiger partial charge in [0.25, 0.3) is 0 Å². The highest BCUT2D eigenvalue weighted by Gasteiger charge is 2.19. The Hall–Kier alpha value is -7.16. The average Bonchev–Trinajstić information content (AvgIpc) is 3.57. The molecule has 0 N–H and O–H groups in total. The average molecular weight is 687 g/mol. The van der Waals surface area contributed by atoms with Crippen molar-refractivity contribution in [2.75, 3.05) is 4.90 Å². The number of benzene rings is 10. The maximum Gasteiger partial charge on any atom is 0.0561 e. The molecular formula is C52H34N2. The molecule has 11 rings (SSSR count). The van der Waals surface area contributed by atoms with Gasteiger partial charge in [0.2, 0.25) is 0 Å². The lowest BCUT2D eigenvalue weighted by Gasteiger charge is -2.27. The molecule has 0 spiro atoms. The first-order valence-corrected chi connectivity index (χ1v) is 18.6. The van der Waals surface area contributed by atoms with Crippen LogP contribution >= 0.6 is 0 Å². The molecule has 11 aromatic rings. The van der Waals surface area contributed by atoms with Gasteiger partial charge < -0.3 is 9.47 Å². The van der Waals surface area contributed by atoms with Crippen molar-refractivity contribution in [1.29, 1.82) is 0 Å². The number of rotatable bonds is 5. The van der Waals surface area contributed by atoms with Gasteiger partial charge in [-0.2, -0.15) is 0 Å². The lowest BCUT2D eigenvalue weighted by molar-refractivity contribution is 1.18. The number of para-hydroxylation sites is 2.